The van der Waals surface area contributed by atoms with Crippen molar-refractivity contribution in [2.45, 2.75) is 31.3 Å². The SMILES string of the molecule is Cl.O=C1OC2(CCC(CNc3ccc(-c4ncccc4F)cn3)CC2)CN1c1cccnc1F. The largest absolute Gasteiger partial charge is 0.441 e. The van der Waals surface area contributed by atoms with Crippen molar-refractivity contribution >= 4 is 30.0 Å². The standard InChI is InChI=1S/C24H23F2N5O2.ClH/c25-18-3-1-11-27-21(18)17-5-6-20(30-14-17)29-13-16-7-9-24(10-8-16)15-31(23(32)33-24)19-4-2-12-28-22(19)26;/h1-6,11-12,14,16H,7-10,13,15H2,(H,29,30);1H. The summed E-state index contributed by atoms with van der Waals surface area (Å²) in [5, 5.41) is 3.34. The molecule has 0 radical (unpaired) electrons. The number of halogens is 3. The quantitative estimate of drug-likeness (QED) is 0.496. The van der Waals surface area contributed by atoms with Crippen LogP contribution in [0.25, 0.3) is 11.3 Å². The smallest absolute Gasteiger partial charge is 0.415 e. The normalized spacial score (nSPS) is 21.8. The third-order valence-corrected chi connectivity index (χ3v) is 6.38. The lowest BCUT2D eigenvalue weighted by Gasteiger charge is -2.35. The van der Waals surface area contributed by atoms with Gasteiger partial charge in [0.05, 0.1) is 6.54 Å². The van der Waals surface area contributed by atoms with Crippen LogP contribution in [-0.4, -0.2) is 39.7 Å². The molecule has 0 unspecified atom stereocenters. The summed E-state index contributed by atoms with van der Waals surface area (Å²) in [6.45, 7) is 1.07. The number of carbonyl (C=O) groups excluding carboxylic acids is 1. The third kappa shape index (κ3) is 4.79. The number of hydrogen-bond acceptors (Lipinski definition) is 6. The zero-order valence-corrected chi connectivity index (χ0v) is 19.1. The number of hydrogen-bond donors (Lipinski definition) is 1. The molecule has 2 aliphatic rings. The van der Waals surface area contributed by atoms with Crippen LogP contribution < -0.4 is 10.2 Å². The molecule has 178 valence electrons. The summed E-state index contributed by atoms with van der Waals surface area (Å²) >= 11 is 0. The van der Waals surface area contributed by atoms with Crippen LogP contribution in [0.4, 0.5) is 25.1 Å². The second-order valence-electron chi connectivity index (χ2n) is 8.54. The van der Waals surface area contributed by atoms with E-state index in [1.807, 2.05) is 6.07 Å². The van der Waals surface area contributed by atoms with E-state index in [-0.39, 0.29) is 29.6 Å². The maximum absolute atomic E-state index is 14.0. The Hall–Kier alpha value is -3.33. The highest BCUT2D eigenvalue weighted by molar-refractivity contribution is 5.90. The van der Waals surface area contributed by atoms with Crippen LogP contribution in [0.2, 0.25) is 0 Å². The Labute approximate surface area is 202 Å². The fourth-order valence-electron chi connectivity index (χ4n) is 4.54. The van der Waals surface area contributed by atoms with E-state index < -0.39 is 17.6 Å². The summed E-state index contributed by atoms with van der Waals surface area (Å²) in [6.07, 6.45) is 7.17. The number of aromatic nitrogens is 3. The number of rotatable bonds is 5. The monoisotopic (exact) mass is 487 g/mol. The van der Waals surface area contributed by atoms with Gasteiger partial charge in [0.15, 0.2) is 0 Å². The molecule has 3 aromatic rings. The van der Waals surface area contributed by atoms with E-state index in [4.69, 9.17) is 4.74 Å². The molecule has 34 heavy (non-hydrogen) atoms. The van der Waals surface area contributed by atoms with Crippen molar-refractivity contribution in [1.29, 1.82) is 0 Å². The molecule has 1 amide bonds. The molecule has 0 bridgehead atoms. The zero-order valence-electron chi connectivity index (χ0n) is 18.3. The highest BCUT2D eigenvalue weighted by Gasteiger charge is 2.48. The average molecular weight is 488 g/mol. The second kappa shape index (κ2) is 9.89. The van der Waals surface area contributed by atoms with E-state index in [9.17, 15) is 13.6 Å². The summed E-state index contributed by atoms with van der Waals surface area (Å²) < 4.78 is 33.6. The first-order valence-electron chi connectivity index (χ1n) is 10.9. The molecule has 4 heterocycles. The minimum absolute atomic E-state index is 0. The Balaban J connectivity index is 0.00000274. The van der Waals surface area contributed by atoms with E-state index in [0.717, 1.165) is 32.2 Å². The zero-order chi connectivity index (χ0) is 22.8. The van der Waals surface area contributed by atoms with Gasteiger partial charge in [-0.3, -0.25) is 9.88 Å². The molecular weight excluding hydrogens is 464 g/mol. The minimum Gasteiger partial charge on any atom is -0.441 e. The van der Waals surface area contributed by atoms with Gasteiger partial charge in [0.1, 0.15) is 28.6 Å². The first-order valence-corrected chi connectivity index (χ1v) is 10.9. The molecule has 3 aromatic heterocycles. The van der Waals surface area contributed by atoms with E-state index >= 15 is 0 Å². The molecule has 1 saturated carbocycles. The molecule has 1 aliphatic heterocycles. The van der Waals surface area contributed by atoms with E-state index in [2.05, 4.69) is 20.3 Å². The lowest BCUT2D eigenvalue weighted by Crippen LogP contribution is -2.39. The van der Waals surface area contributed by atoms with Crippen molar-refractivity contribution < 1.29 is 18.3 Å². The molecule has 0 atom stereocenters. The molecule has 0 aromatic carbocycles. The Morgan fingerprint density at radius 1 is 1.06 bits per heavy atom. The predicted octanol–water partition coefficient (Wildman–Crippen LogP) is 5.24. The summed E-state index contributed by atoms with van der Waals surface area (Å²) in [4.78, 5) is 25.8. The van der Waals surface area contributed by atoms with Crippen LogP contribution in [0.1, 0.15) is 25.7 Å². The number of nitrogens with zero attached hydrogens (tertiary/aromatic N) is 4. The number of nitrogens with one attached hydrogen (secondary N) is 1. The number of anilines is 2. The van der Waals surface area contributed by atoms with Crippen LogP contribution >= 0.6 is 12.4 Å². The average Bonchev–Trinajstić information content (AvgIpc) is 3.15. The molecule has 1 spiro atoms. The van der Waals surface area contributed by atoms with Gasteiger partial charge < -0.3 is 10.1 Å². The lowest BCUT2D eigenvalue weighted by atomic mass is 9.78. The fourth-order valence-corrected chi connectivity index (χ4v) is 4.54. The van der Waals surface area contributed by atoms with Gasteiger partial charge in [0, 0.05) is 30.7 Å². The minimum atomic E-state index is -0.673. The molecule has 1 aliphatic carbocycles. The summed E-state index contributed by atoms with van der Waals surface area (Å²) in [5.74, 6) is 0.0522. The van der Waals surface area contributed by atoms with Crippen molar-refractivity contribution in [2.75, 3.05) is 23.3 Å². The number of ether oxygens (including phenoxy) is 1. The highest BCUT2D eigenvalue weighted by Crippen LogP contribution is 2.41. The Morgan fingerprint density at radius 3 is 2.53 bits per heavy atom. The van der Waals surface area contributed by atoms with Crippen molar-refractivity contribution in [1.82, 2.24) is 15.0 Å². The van der Waals surface area contributed by atoms with Gasteiger partial charge >= 0.3 is 6.09 Å². The van der Waals surface area contributed by atoms with Crippen LogP contribution in [0.15, 0.2) is 55.0 Å². The van der Waals surface area contributed by atoms with E-state index in [0.29, 0.717) is 23.8 Å². The fraction of sp³-hybridized carbons (Fsp3) is 0.333. The van der Waals surface area contributed by atoms with Gasteiger partial charge in [0.25, 0.3) is 0 Å². The van der Waals surface area contributed by atoms with Gasteiger partial charge in [-0.15, -0.1) is 12.4 Å². The topological polar surface area (TPSA) is 80.2 Å². The molecule has 1 saturated heterocycles. The Kier molecular flexibility index (Phi) is 6.92. The molecule has 2 fully saturated rings. The van der Waals surface area contributed by atoms with Crippen LogP contribution in [0.3, 0.4) is 0 Å². The molecule has 5 rings (SSSR count). The van der Waals surface area contributed by atoms with E-state index in [1.165, 1.54) is 17.2 Å². The first kappa shape index (κ1) is 23.8. The maximum atomic E-state index is 14.0. The van der Waals surface area contributed by atoms with Crippen LogP contribution in [-0.2, 0) is 4.74 Å². The molecular formula is C24H24ClF2N5O2. The molecule has 1 N–H and O–H groups in total. The van der Waals surface area contributed by atoms with Gasteiger partial charge in [-0.25, -0.2) is 19.2 Å². The summed E-state index contributed by atoms with van der Waals surface area (Å²) in [7, 11) is 0. The van der Waals surface area contributed by atoms with Crippen molar-refractivity contribution in [3.05, 3.63) is 66.8 Å². The number of pyridine rings is 3. The molecule has 10 heteroatoms. The van der Waals surface area contributed by atoms with Crippen LogP contribution in [0, 0.1) is 17.7 Å². The number of amides is 1. The second-order valence-corrected chi connectivity index (χ2v) is 8.54. The predicted molar refractivity (Wildman–Crippen MR) is 126 cm³/mol. The van der Waals surface area contributed by atoms with Crippen molar-refractivity contribution in [3.8, 4) is 11.3 Å². The molecule has 7 nitrogen and oxygen atoms in total. The Bertz CT molecular complexity index is 1160. The summed E-state index contributed by atoms with van der Waals surface area (Å²) in [5.41, 5.74) is 0.474. The third-order valence-electron chi connectivity index (χ3n) is 6.38. The highest BCUT2D eigenvalue weighted by atomic mass is 35.5. The van der Waals surface area contributed by atoms with Gasteiger partial charge in [0.2, 0.25) is 5.95 Å². The van der Waals surface area contributed by atoms with Gasteiger partial charge in [-0.2, -0.15) is 4.39 Å². The van der Waals surface area contributed by atoms with Gasteiger partial charge in [-0.1, -0.05) is 0 Å². The Morgan fingerprint density at radius 2 is 1.82 bits per heavy atom. The van der Waals surface area contributed by atoms with Crippen molar-refractivity contribution in [2.24, 2.45) is 5.92 Å². The lowest BCUT2D eigenvalue weighted by molar-refractivity contribution is 0.0148. The maximum Gasteiger partial charge on any atom is 0.415 e. The number of carbonyl (C=O) groups is 1. The van der Waals surface area contributed by atoms with Crippen molar-refractivity contribution in [3.63, 3.8) is 0 Å². The van der Waals surface area contributed by atoms with Gasteiger partial charge in [-0.05, 0) is 68.0 Å². The van der Waals surface area contributed by atoms with E-state index in [1.54, 1.807) is 36.7 Å². The van der Waals surface area contributed by atoms with Crippen LogP contribution in [0.5, 0.6) is 0 Å². The summed E-state index contributed by atoms with van der Waals surface area (Å²) in [6, 6.07) is 9.68. The first-order chi connectivity index (χ1) is 16.0.